The Labute approximate surface area is 137 Å². The second-order valence-corrected chi connectivity index (χ2v) is 7.00. The van der Waals surface area contributed by atoms with Crippen molar-refractivity contribution in [2.45, 2.75) is 45.4 Å². The summed E-state index contributed by atoms with van der Waals surface area (Å²) in [7, 11) is -0.382. The fourth-order valence-electron chi connectivity index (χ4n) is 2.61. The van der Waals surface area contributed by atoms with Crippen molar-refractivity contribution >= 4 is 12.6 Å². The number of aromatic nitrogens is 1. The van der Waals surface area contributed by atoms with Crippen LogP contribution in [0.1, 0.15) is 33.3 Å². The van der Waals surface area contributed by atoms with Crippen LogP contribution in [0.15, 0.2) is 53.5 Å². The van der Waals surface area contributed by atoms with Gasteiger partial charge in [-0.2, -0.15) is 0 Å². The van der Waals surface area contributed by atoms with Crippen molar-refractivity contribution in [3.05, 3.63) is 64.6 Å². The maximum absolute atomic E-state index is 11.8. The summed E-state index contributed by atoms with van der Waals surface area (Å²) in [4.78, 5) is 11.8. The van der Waals surface area contributed by atoms with E-state index in [9.17, 15) is 4.79 Å². The highest BCUT2D eigenvalue weighted by molar-refractivity contribution is 6.62. The largest absolute Gasteiger partial charge is 0.494 e. The second kappa shape index (κ2) is 5.66. The van der Waals surface area contributed by atoms with Gasteiger partial charge in [0.1, 0.15) is 0 Å². The van der Waals surface area contributed by atoms with E-state index in [1.54, 1.807) is 22.9 Å². The maximum atomic E-state index is 11.8. The quantitative estimate of drug-likeness (QED) is 0.816. The molecule has 0 N–H and O–H groups in total. The van der Waals surface area contributed by atoms with Crippen LogP contribution in [-0.2, 0) is 15.9 Å². The van der Waals surface area contributed by atoms with E-state index in [0.29, 0.717) is 6.54 Å². The summed E-state index contributed by atoms with van der Waals surface area (Å²) in [6, 6.07) is 13.2. The SMILES string of the molecule is CC1(C)OB(c2cccc(Cn3ccccc3=O)c2)OC1(C)C. The highest BCUT2D eigenvalue weighted by atomic mass is 16.7. The molecule has 0 radical (unpaired) electrons. The fourth-order valence-corrected chi connectivity index (χ4v) is 2.61. The molecule has 2 heterocycles. The molecule has 1 aliphatic rings. The van der Waals surface area contributed by atoms with Gasteiger partial charge in [-0.25, -0.2) is 0 Å². The average Bonchev–Trinajstić information content (AvgIpc) is 2.70. The third kappa shape index (κ3) is 3.12. The van der Waals surface area contributed by atoms with E-state index in [1.165, 1.54) is 0 Å². The lowest BCUT2D eigenvalue weighted by atomic mass is 9.78. The average molecular weight is 311 g/mol. The fraction of sp³-hybridized carbons (Fsp3) is 0.389. The van der Waals surface area contributed by atoms with Gasteiger partial charge in [0.05, 0.1) is 17.7 Å². The lowest BCUT2D eigenvalue weighted by Gasteiger charge is -2.32. The molecule has 4 nitrogen and oxygen atoms in total. The number of pyridine rings is 1. The number of hydrogen-bond acceptors (Lipinski definition) is 3. The van der Waals surface area contributed by atoms with Gasteiger partial charge in [-0.1, -0.05) is 30.3 Å². The van der Waals surface area contributed by atoms with E-state index < -0.39 is 0 Å². The van der Waals surface area contributed by atoms with Gasteiger partial charge in [0.2, 0.25) is 0 Å². The number of nitrogens with zero attached hydrogens (tertiary/aromatic N) is 1. The zero-order chi connectivity index (χ0) is 16.7. The Balaban J connectivity index is 1.84. The molecule has 0 atom stereocenters. The van der Waals surface area contributed by atoms with Gasteiger partial charge in [-0.15, -0.1) is 0 Å². The van der Waals surface area contributed by atoms with E-state index in [0.717, 1.165) is 11.0 Å². The standard InChI is InChI=1S/C18H22BNO3/c1-17(2)18(3,4)23-19(22-17)15-9-7-8-14(12-15)13-20-11-6-5-10-16(20)21/h5-12H,13H2,1-4H3. The summed E-state index contributed by atoms with van der Waals surface area (Å²) in [5, 5.41) is 0. The van der Waals surface area contributed by atoms with Crippen LogP contribution >= 0.6 is 0 Å². The molecule has 120 valence electrons. The molecule has 2 aromatic rings. The molecular formula is C18H22BNO3. The first-order valence-electron chi connectivity index (χ1n) is 7.88. The third-order valence-corrected chi connectivity index (χ3v) is 4.73. The molecule has 1 saturated heterocycles. The highest BCUT2D eigenvalue weighted by Gasteiger charge is 2.51. The molecule has 3 rings (SSSR count). The Morgan fingerprint density at radius 2 is 1.70 bits per heavy atom. The van der Waals surface area contributed by atoms with Gasteiger partial charge in [0.15, 0.2) is 0 Å². The van der Waals surface area contributed by atoms with E-state index in [4.69, 9.17) is 9.31 Å². The van der Waals surface area contributed by atoms with Crippen LogP contribution in [0.4, 0.5) is 0 Å². The minimum atomic E-state index is -0.382. The van der Waals surface area contributed by atoms with E-state index in [2.05, 4.69) is 0 Å². The molecule has 1 aliphatic heterocycles. The van der Waals surface area contributed by atoms with Crippen molar-refractivity contribution in [3.63, 3.8) is 0 Å². The van der Waals surface area contributed by atoms with Gasteiger partial charge in [0, 0.05) is 12.3 Å². The number of hydrogen-bond donors (Lipinski definition) is 0. The van der Waals surface area contributed by atoms with Crippen LogP contribution in [0, 0.1) is 0 Å². The zero-order valence-corrected chi connectivity index (χ0v) is 14.1. The first-order valence-corrected chi connectivity index (χ1v) is 7.88. The lowest BCUT2D eigenvalue weighted by Crippen LogP contribution is -2.41. The van der Waals surface area contributed by atoms with Gasteiger partial charge in [-0.3, -0.25) is 4.79 Å². The molecule has 0 aliphatic carbocycles. The Morgan fingerprint density at radius 3 is 2.35 bits per heavy atom. The normalized spacial score (nSPS) is 19.0. The third-order valence-electron chi connectivity index (χ3n) is 4.73. The van der Waals surface area contributed by atoms with Gasteiger partial charge >= 0.3 is 7.12 Å². The van der Waals surface area contributed by atoms with E-state index >= 15 is 0 Å². The first-order chi connectivity index (χ1) is 10.8. The van der Waals surface area contributed by atoms with E-state index in [1.807, 2.05) is 58.0 Å². The van der Waals surface area contributed by atoms with Crippen LogP contribution in [0.25, 0.3) is 0 Å². The molecule has 1 aromatic carbocycles. The molecule has 0 amide bonds. The summed E-state index contributed by atoms with van der Waals surface area (Å²) in [6.07, 6.45) is 1.80. The van der Waals surface area contributed by atoms with Crippen molar-refractivity contribution in [2.75, 3.05) is 0 Å². The number of rotatable bonds is 3. The summed E-state index contributed by atoms with van der Waals surface area (Å²) in [5.74, 6) is 0. The first kappa shape index (κ1) is 16.0. The summed E-state index contributed by atoms with van der Waals surface area (Å²) in [5.41, 5.74) is 1.30. The van der Waals surface area contributed by atoms with E-state index in [-0.39, 0.29) is 23.9 Å². The van der Waals surface area contributed by atoms with Crippen LogP contribution < -0.4 is 11.0 Å². The topological polar surface area (TPSA) is 40.5 Å². The Morgan fingerprint density at radius 1 is 1.00 bits per heavy atom. The molecule has 5 heteroatoms. The van der Waals surface area contributed by atoms with Crippen molar-refractivity contribution in [3.8, 4) is 0 Å². The molecule has 0 saturated carbocycles. The number of benzene rings is 1. The summed E-state index contributed by atoms with van der Waals surface area (Å²) < 4.78 is 13.9. The van der Waals surface area contributed by atoms with Crippen LogP contribution in [0.5, 0.6) is 0 Å². The molecule has 23 heavy (non-hydrogen) atoms. The minimum absolute atomic E-state index is 0.00599. The molecule has 0 bridgehead atoms. The molecule has 0 spiro atoms. The molecular weight excluding hydrogens is 289 g/mol. The van der Waals surface area contributed by atoms with Crippen molar-refractivity contribution in [1.82, 2.24) is 4.57 Å². The van der Waals surface area contributed by atoms with Gasteiger partial charge in [-0.05, 0) is 44.8 Å². The minimum Gasteiger partial charge on any atom is -0.399 e. The molecule has 1 aromatic heterocycles. The summed E-state index contributed by atoms with van der Waals surface area (Å²) >= 11 is 0. The van der Waals surface area contributed by atoms with Crippen molar-refractivity contribution in [1.29, 1.82) is 0 Å². The van der Waals surface area contributed by atoms with Gasteiger partial charge in [0.25, 0.3) is 5.56 Å². The smallest absolute Gasteiger partial charge is 0.399 e. The predicted octanol–water partition coefficient (Wildman–Crippen LogP) is 2.20. The Hall–Kier alpha value is -1.85. The predicted molar refractivity (Wildman–Crippen MR) is 92.0 cm³/mol. The van der Waals surface area contributed by atoms with Crippen LogP contribution in [-0.4, -0.2) is 22.9 Å². The molecule has 0 unspecified atom stereocenters. The lowest BCUT2D eigenvalue weighted by molar-refractivity contribution is 0.00578. The summed E-state index contributed by atoms with van der Waals surface area (Å²) in [6.45, 7) is 8.70. The highest BCUT2D eigenvalue weighted by Crippen LogP contribution is 2.36. The molecule has 1 fully saturated rings. The van der Waals surface area contributed by atoms with Gasteiger partial charge < -0.3 is 13.9 Å². The van der Waals surface area contributed by atoms with Crippen LogP contribution in [0.2, 0.25) is 0 Å². The van der Waals surface area contributed by atoms with Crippen molar-refractivity contribution in [2.24, 2.45) is 0 Å². The Kier molecular flexibility index (Phi) is 3.94. The van der Waals surface area contributed by atoms with Crippen LogP contribution in [0.3, 0.4) is 0 Å². The zero-order valence-electron chi connectivity index (χ0n) is 14.1. The maximum Gasteiger partial charge on any atom is 0.494 e. The monoisotopic (exact) mass is 311 g/mol. The Bertz CT molecular complexity index is 751. The van der Waals surface area contributed by atoms with Crippen molar-refractivity contribution < 1.29 is 9.31 Å². The second-order valence-electron chi connectivity index (χ2n) is 7.00.